The van der Waals surface area contributed by atoms with E-state index in [1.165, 1.54) is 6.20 Å². The van der Waals surface area contributed by atoms with Gasteiger partial charge in [-0.3, -0.25) is 5.41 Å². The van der Waals surface area contributed by atoms with Crippen LogP contribution in [0.1, 0.15) is 20.8 Å². The van der Waals surface area contributed by atoms with Crippen LogP contribution in [0.25, 0.3) is 0 Å². The highest BCUT2D eigenvalue weighted by Gasteiger charge is 2.13. The van der Waals surface area contributed by atoms with Crippen molar-refractivity contribution in [2.24, 2.45) is 0 Å². The number of nitrogens with one attached hydrogen (secondary N) is 2. The van der Waals surface area contributed by atoms with E-state index >= 15 is 0 Å². The highest BCUT2D eigenvalue weighted by Crippen LogP contribution is 2.05. The number of carboxylic acids is 1. The fraction of sp³-hybridized carbons (Fsp3) is 0.500. The molecule has 0 fully saturated rings. The van der Waals surface area contributed by atoms with Gasteiger partial charge in [0.25, 0.3) is 0 Å². The molecule has 0 aliphatic rings. The molecule has 0 bridgehead atoms. The van der Waals surface area contributed by atoms with Crippen molar-refractivity contribution in [3.63, 3.8) is 0 Å². The van der Waals surface area contributed by atoms with Gasteiger partial charge in [0.15, 0.2) is 0 Å². The lowest BCUT2D eigenvalue weighted by molar-refractivity contribution is -0.132. The molecule has 0 radical (unpaired) electrons. The Morgan fingerprint density at radius 3 is 2.23 bits per heavy atom. The molecule has 4 nitrogen and oxygen atoms in total. The Morgan fingerprint density at radius 1 is 1.54 bits per heavy atom. The van der Waals surface area contributed by atoms with Crippen LogP contribution in [0.3, 0.4) is 0 Å². The molecule has 0 rings (SSSR count). The zero-order valence-corrected chi connectivity index (χ0v) is 9.40. The Bertz CT molecular complexity index is 237. The van der Waals surface area contributed by atoms with Crippen molar-refractivity contribution < 1.29 is 9.90 Å². The van der Waals surface area contributed by atoms with E-state index in [9.17, 15) is 4.79 Å². The maximum atomic E-state index is 10.6. The van der Waals surface area contributed by atoms with Gasteiger partial charge in [0, 0.05) is 11.7 Å². The average Bonchev–Trinajstić information content (AvgIpc) is 1.82. The fourth-order valence-corrected chi connectivity index (χ4v) is 0.792. The fourth-order valence-electron chi connectivity index (χ4n) is 0.508. The molecule has 0 saturated heterocycles. The van der Waals surface area contributed by atoms with E-state index in [1.807, 2.05) is 20.8 Å². The Hall–Kier alpha value is -0.840. The first kappa shape index (κ1) is 12.2. The third-order valence-electron chi connectivity index (χ3n) is 1.12. The van der Waals surface area contributed by atoms with Crippen LogP contribution in [0, 0.1) is 5.41 Å². The number of carboxylic acid groups (broad SMARTS) is 1. The molecule has 3 N–H and O–H groups in total. The zero-order valence-electron chi connectivity index (χ0n) is 7.81. The number of rotatable bonds is 3. The number of halogens is 1. The Kier molecular flexibility index (Phi) is 4.13. The minimum atomic E-state index is -1.13. The monoisotopic (exact) mass is 248 g/mol. The van der Waals surface area contributed by atoms with Crippen molar-refractivity contribution in [3.8, 4) is 0 Å². The predicted molar refractivity (Wildman–Crippen MR) is 55.3 cm³/mol. The lowest BCUT2D eigenvalue weighted by Crippen LogP contribution is -2.32. The second-order valence-electron chi connectivity index (χ2n) is 3.57. The van der Waals surface area contributed by atoms with Crippen molar-refractivity contribution in [1.29, 1.82) is 5.41 Å². The van der Waals surface area contributed by atoms with E-state index in [1.54, 1.807) is 0 Å². The first-order valence-electron chi connectivity index (χ1n) is 3.69. The maximum absolute atomic E-state index is 10.6. The van der Waals surface area contributed by atoms with Gasteiger partial charge in [-0.15, -0.1) is 0 Å². The topological polar surface area (TPSA) is 73.2 Å². The van der Waals surface area contributed by atoms with Gasteiger partial charge >= 0.3 is 5.97 Å². The number of aliphatic carboxylic acids is 1. The molecular weight excluding hydrogens is 236 g/mol. The van der Waals surface area contributed by atoms with E-state index in [0.717, 1.165) is 0 Å². The first-order valence-corrected chi connectivity index (χ1v) is 4.49. The summed E-state index contributed by atoms with van der Waals surface area (Å²) in [6, 6.07) is 0. The molecule has 0 atom stereocenters. The van der Waals surface area contributed by atoms with Gasteiger partial charge < -0.3 is 10.4 Å². The smallest absolute Gasteiger partial charge is 0.339 e. The summed E-state index contributed by atoms with van der Waals surface area (Å²) in [5.41, 5.74) is -0.293. The van der Waals surface area contributed by atoms with Gasteiger partial charge in [-0.1, -0.05) is 0 Å². The van der Waals surface area contributed by atoms with Crippen LogP contribution in [0.5, 0.6) is 0 Å². The average molecular weight is 249 g/mol. The summed E-state index contributed by atoms with van der Waals surface area (Å²) in [7, 11) is 0. The lowest BCUT2D eigenvalue weighted by atomic mass is 10.1. The quantitative estimate of drug-likeness (QED) is 0.526. The molecule has 0 heterocycles. The molecule has 13 heavy (non-hydrogen) atoms. The minimum Gasteiger partial charge on any atom is -0.478 e. The largest absolute Gasteiger partial charge is 0.478 e. The molecule has 0 aliphatic heterocycles. The molecule has 0 spiro atoms. The first-order chi connectivity index (χ1) is 5.74. The summed E-state index contributed by atoms with van der Waals surface area (Å²) < 4.78 is -0.142. The third kappa shape index (κ3) is 5.41. The second-order valence-corrected chi connectivity index (χ2v) is 4.36. The molecule has 5 heteroatoms. The Morgan fingerprint density at radius 2 is 2.00 bits per heavy atom. The minimum absolute atomic E-state index is 0.0880. The van der Waals surface area contributed by atoms with Crippen molar-refractivity contribution in [3.05, 3.63) is 11.8 Å². The van der Waals surface area contributed by atoms with Crippen LogP contribution in [-0.2, 0) is 4.79 Å². The number of hydrogen-bond acceptors (Lipinski definition) is 3. The van der Waals surface area contributed by atoms with Gasteiger partial charge in [0.2, 0.25) is 0 Å². The van der Waals surface area contributed by atoms with Crippen LogP contribution >= 0.6 is 15.9 Å². The van der Waals surface area contributed by atoms with E-state index in [2.05, 4.69) is 21.2 Å². The molecule has 0 aromatic rings. The van der Waals surface area contributed by atoms with Crippen LogP contribution in [0.15, 0.2) is 11.8 Å². The normalized spacial score (nSPS) is 12.5. The summed E-state index contributed by atoms with van der Waals surface area (Å²) in [5.74, 6) is -1.13. The zero-order chi connectivity index (χ0) is 10.6. The molecule has 74 valence electrons. The molecule has 0 saturated carbocycles. The molecule has 0 unspecified atom stereocenters. The summed E-state index contributed by atoms with van der Waals surface area (Å²) in [4.78, 5) is 10.6. The van der Waals surface area contributed by atoms with Gasteiger partial charge in [-0.05, 0) is 36.7 Å². The summed E-state index contributed by atoms with van der Waals surface area (Å²) in [6.45, 7) is 5.71. The van der Waals surface area contributed by atoms with Crippen LogP contribution < -0.4 is 5.32 Å². The highest BCUT2D eigenvalue weighted by molar-refractivity contribution is 9.18. The van der Waals surface area contributed by atoms with Crippen molar-refractivity contribution in [2.45, 2.75) is 26.3 Å². The standard InChI is InChI=1S/C8H13BrN2O2/c1-8(2,3)11-4-5(6(9)10)7(12)13/h4,10-11H,1-3H3,(H,12,13)/b5-4+,10-6?. The van der Waals surface area contributed by atoms with Gasteiger partial charge in [0.05, 0.1) is 0 Å². The van der Waals surface area contributed by atoms with Crippen LogP contribution in [0.2, 0.25) is 0 Å². The van der Waals surface area contributed by atoms with E-state index < -0.39 is 5.97 Å². The molecule has 0 aromatic carbocycles. The van der Waals surface area contributed by atoms with Crippen LogP contribution in [0.4, 0.5) is 0 Å². The highest BCUT2D eigenvalue weighted by atomic mass is 79.9. The SMILES string of the molecule is CC(C)(C)N/C=C(\C(=N)Br)C(=O)O. The summed E-state index contributed by atoms with van der Waals surface area (Å²) in [5, 5.41) is 18.6. The Balaban J connectivity index is 4.57. The lowest BCUT2D eigenvalue weighted by Gasteiger charge is -2.19. The summed E-state index contributed by atoms with van der Waals surface area (Å²) >= 11 is 2.80. The Labute approximate surface area is 85.7 Å². The van der Waals surface area contributed by atoms with E-state index in [-0.39, 0.29) is 15.7 Å². The van der Waals surface area contributed by atoms with Crippen molar-refractivity contribution in [1.82, 2.24) is 5.32 Å². The summed E-state index contributed by atoms with van der Waals surface area (Å²) in [6.07, 6.45) is 1.32. The predicted octanol–water partition coefficient (Wildman–Crippen LogP) is 1.72. The van der Waals surface area contributed by atoms with Gasteiger partial charge in [-0.2, -0.15) is 0 Å². The van der Waals surface area contributed by atoms with Crippen molar-refractivity contribution >= 4 is 26.5 Å². The maximum Gasteiger partial charge on any atom is 0.339 e. The number of carbonyl (C=O) groups is 1. The van der Waals surface area contributed by atoms with E-state index in [4.69, 9.17) is 10.5 Å². The number of hydrogen-bond donors (Lipinski definition) is 3. The van der Waals surface area contributed by atoms with Gasteiger partial charge in [-0.25, -0.2) is 4.79 Å². The molecule has 0 aromatic heterocycles. The van der Waals surface area contributed by atoms with Gasteiger partial charge in [0.1, 0.15) is 10.2 Å². The third-order valence-corrected chi connectivity index (χ3v) is 1.54. The second kappa shape index (κ2) is 4.41. The molecule has 0 aliphatic carbocycles. The molecular formula is C8H13BrN2O2. The molecule has 0 amide bonds. The van der Waals surface area contributed by atoms with E-state index in [0.29, 0.717) is 0 Å². The van der Waals surface area contributed by atoms with Crippen LogP contribution in [-0.4, -0.2) is 21.2 Å². The van der Waals surface area contributed by atoms with Crippen molar-refractivity contribution in [2.75, 3.05) is 0 Å².